The Hall–Kier alpha value is 1.48. The molecule has 0 bridgehead atoms. The van der Waals surface area contributed by atoms with Gasteiger partial charge in [-0.3, -0.25) is 0 Å². The molecule has 0 aliphatic carbocycles. The summed E-state index contributed by atoms with van der Waals surface area (Å²) in [6.45, 7) is 23.2. The SMILES string of the molecule is C[Si](C)(C)[C]([Si](C)(C)C)([Si](C)(C)C)[Ge]([CH3])([CH3])[Cl]. The molecular weight excluding hydrogens is 336 g/mol. The average Bonchev–Trinajstić information content (AvgIpc) is 1.67. The first-order valence-electron chi connectivity index (χ1n) is 6.69. The van der Waals surface area contributed by atoms with E-state index in [9.17, 15) is 0 Å². The summed E-state index contributed by atoms with van der Waals surface area (Å²) < 4.78 is 0.620. The number of halogens is 1. The number of hydrogen-bond donors (Lipinski definition) is 0. The predicted octanol–water partition coefficient (Wildman–Crippen LogP) is 5.80. The van der Waals surface area contributed by atoms with Crippen molar-refractivity contribution >= 4 is 46.6 Å². The van der Waals surface area contributed by atoms with Crippen LogP contribution in [-0.2, 0) is 0 Å². The molecule has 0 N–H and O–H groups in total. The molecule has 0 saturated heterocycles. The van der Waals surface area contributed by atoms with Gasteiger partial charge in [-0.1, -0.05) is 0 Å². The maximum atomic E-state index is 7.20. The maximum absolute atomic E-state index is 7.20. The molecule has 5 heteroatoms. The summed E-state index contributed by atoms with van der Waals surface area (Å²) in [7, 11) is 3.40. The van der Waals surface area contributed by atoms with Crippen molar-refractivity contribution in [1.82, 2.24) is 0 Å². The topological polar surface area (TPSA) is 0 Å². The third-order valence-electron chi connectivity index (χ3n) is 4.27. The van der Waals surface area contributed by atoms with Crippen LogP contribution in [0.2, 0.25) is 73.6 Å². The molecule has 0 saturated carbocycles. The van der Waals surface area contributed by atoms with Gasteiger partial charge in [0.05, 0.1) is 0 Å². The van der Waals surface area contributed by atoms with Crippen LogP contribution in [0.4, 0.5) is 0 Å². The summed E-state index contributed by atoms with van der Waals surface area (Å²) in [5.74, 6) is 4.94. The fourth-order valence-electron chi connectivity index (χ4n) is 6.05. The van der Waals surface area contributed by atoms with Gasteiger partial charge < -0.3 is 0 Å². The van der Waals surface area contributed by atoms with Crippen molar-refractivity contribution in [2.24, 2.45) is 0 Å². The third kappa shape index (κ3) is 2.98. The average molecular weight is 370 g/mol. The van der Waals surface area contributed by atoms with Crippen LogP contribution >= 0.6 is 10.0 Å². The van der Waals surface area contributed by atoms with Gasteiger partial charge in [0.25, 0.3) is 0 Å². The van der Waals surface area contributed by atoms with Gasteiger partial charge in [-0.05, 0) is 0 Å². The molecule has 0 fully saturated rings. The normalized spacial score (nSPS) is 16.2. The molecule has 0 aromatic carbocycles. The van der Waals surface area contributed by atoms with Crippen LogP contribution in [0.15, 0.2) is 0 Å². The third-order valence-corrected chi connectivity index (χ3v) is 56.1. The molecule has 0 spiro atoms. The van der Waals surface area contributed by atoms with E-state index in [0.29, 0.717) is 3.12 Å². The second kappa shape index (κ2) is 4.79. The van der Waals surface area contributed by atoms with Gasteiger partial charge in [0.2, 0.25) is 0 Å². The monoisotopic (exact) mass is 370 g/mol. The number of hydrogen-bond acceptors (Lipinski definition) is 0. The molecule has 0 atom stereocenters. The summed E-state index contributed by atoms with van der Waals surface area (Å²) >= 11 is -2.25. The van der Waals surface area contributed by atoms with Gasteiger partial charge >= 0.3 is 120 Å². The van der Waals surface area contributed by atoms with E-state index in [-0.39, 0.29) is 0 Å². The molecule has 17 heavy (non-hydrogen) atoms. The van der Waals surface area contributed by atoms with E-state index in [4.69, 9.17) is 10.0 Å². The van der Waals surface area contributed by atoms with Crippen molar-refractivity contribution in [1.29, 1.82) is 0 Å². The van der Waals surface area contributed by atoms with Crippen LogP contribution in [0.25, 0.3) is 0 Å². The van der Waals surface area contributed by atoms with E-state index in [1.807, 2.05) is 0 Å². The van der Waals surface area contributed by atoms with Crippen molar-refractivity contribution in [2.75, 3.05) is 0 Å². The molecule has 0 unspecified atom stereocenters. The number of rotatable bonds is 4. The summed E-state index contributed by atoms with van der Waals surface area (Å²) in [4.78, 5) is 0. The van der Waals surface area contributed by atoms with E-state index >= 15 is 0 Å². The van der Waals surface area contributed by atoms with Crippen LogP contribution in [0, 0.1) is 0 Å². The second-order valence-corrected chi connectivity index (χ2v) is 42.0. The molecule has 0 radical (unpaired) electrons. The van der Waals surface area contributed by atoms with Gasteiger partial charge in [0.15, 0.2) is 0 Å². The molecule has 0 amide bonds. The van der Waals surface area contributed by atoms with Crippen molar-refractivity contribution < 1.29 is 0 Å². The van der Waals surface area contributed by atoms with E-state index in [1.54, 1.807) is 0 Å². The molecule has 104 valence electrons. The van der Waals surface area contributed by atoms with Gasteiger partial charge in [0, 0.05) is 0 Å². The summed E-state index contributed by atoms with van der Waals surface area (Å²) in [5, 5.41) is 0. The van der Waals surface area contributed by atoms with E-state index in [1.165, 1.54) is 0 Å². The molecule has 0 rings (SSSR count). The molecule has 0 aliphatic heterocycles. The molecule has 0 aromatic rings. The molecular formula is C12H33ClGeSi3. The van der Waals surface area contributed by atoms with Gasteiger partial charge in [-0.15, -0.1) is 0 Å². The minimum absolute atomic E-state index is 0.620. The Morgan fingerprint density at radius 1 is 0.647 bits per heavy atom. The zero-order valence-electron chi connectivity index (χ0n) is 13.9. The van der Waals surface area contributed by atoms with Crippen LogP contribution in [-0.4, -0.2) is 36.6 Å². The van der Waals surface area contributed by atoms with E-state index in [0.717, 1.165) is 0 Å². The quantitative estimate of drug-likeness (QED) is 0.549. The van der Waals surface area contributed by atoms with Gasteiger partial charge in [0.1, 0.15) is 0 Å². The van der Waals surface area contributed by atoms with Crippen molar-refractivity contribution in [3.63, 3.8) is 0 Å². The van der Waals surface area contributed by atoms with Crippen molar-refractivity contribution in [2.45, 2.75) is 73.6 Å². The predicted molar refractivity (Wildman–Crippen MR) is 96.1 cm³/mol. The first-order chi connectivity index (χ1) is 7.00. The van der Waals surface area contributed by atoms with Crippen LogP contribution in [0.5, 0.6) is 0 Å². The first kappa shape index (κ1) is 18.5. The Kier molecular flexibility index (Phi) is 5.21. The van der Waals surface area contributed by atoms with Gasteiger partial charge in [-0.25, -0.2) is 0 Å². The Bertz CT molecular complexity index is 215. The molecule has 0 heterocycles. The molecule has 0 nitrogen and oxygen atoms in total. The summed E-state index contributed by atoms with van der Waals surface area (Å²) in [6.07, 6.45) is 0. The Labute approximate surface area is 119 Å². The van der Waals surface area contributed by atoms with Crippen molar-refractivity contribution in [3.8, 4) is 0 Å². The Morgan fingerprint density at radius 2 is 0.824 bits per heavy atom. The van der Waals surface area contributed by atoms with Gasteiger partial charge in [-0.2, -0.15) is 0 Å². The zero-order valence-corrected chi connectivity index (χ0v) is 19.7. The van der Waals surface area contributed by atoms with Crippen LogP contribution in [0.1, 0.15) is 0 Å². The standard InChI is InChI=1S/C12H33ClGeSi3/c1-14(2,13)12(15(3,4)5,16(6,7)8)17(9,10)11/h1-11H3. The van der Waals surface area contributed by atoms with Crippen LogP contribution < -0.4 is 0 Å². The zero-order chi connectivity index (χ0) is 14.5. The fraction of sp³-hybridized carbons (Fsp3) is 1.00. The van der Waals surface area contributed by atoms with E-state index < -0.39 is 36.6 Å². The van der Waals surface area contributed by atoms with Crippen LogP contribution in [0.3, 0.4) is 0 Å². The Morgan fingerprint density at radius 3 is 0.824 bits per heavy atom. The van der Waals surface area contributed by atoms with Crippen molar-refractivity contribution in [3.05, 3.63) is 0 Å². The van der Waals surface area contributed by atoms with E-state index in [2.05, 4.69) is 70.4 Å². The second-order valence-electron chi connectivity index (χ2n) is 8.97. The molecule has 0 aromatic heterocycles. The fourth-order valence-corrected chi connectivity index (χ4v) is 85.3. The summed E-state index contributed by atoms with van der Waals surface area (Å²) in [6, 6.07) is 0. The molecule has 0 aliphatic rings. The first-order valence-corrected chi connectivity index (χ1v) is 25.2. The summed E-state index contributed by atoms with van der Waals surface area (Å²) in [5.41, 5.74) is 0. The Balaban J connectivity index is 6.37. The minimum atomic E-state index is -2.25.